The summed E-state index contributed by atoms with van der Waals surface area (Å²) in [5.74, 6) is 0.902. The average molecular weight is 374 g/mol. The molecule has 0 aromatic carbocycles. The van der Waals surface area contributed by atoms with Gasteiger partial charge >= 0.3 is 0 Å². The van der Waals surface area contributed by atoms with Crippen molar-refractivity contribution in [1.82, 2.24) is 19.9 Å². The van der Waals surface area contributed by atoms with Crippen LogP contribution in [-0.2, 0) is 23.0 Å². The van der Waals surface area contributed by atoms with Gasteiger partial charge in [-0.2, -0.15) is 0 Å². The van der Waals surface area contributed by atoms with Gasteiger partial charge in [-0.1, -0.05) is 6.92 Å². The van der Waals surface area contributed by atoms with Crippen LogP contribution < -0.4 is 10.6 Å². The molecule has 0 amide bonds. The van der Waals surface area contributed by atoms with E-state index in [1.165, 1.54) is 0 Å². The molecule has 7 nitrogen and oxygen atoms in total. The number of nitrogens with zero attached hydrogens (tertiary/aromatic N) is 3. The SMILES string of the molecule is CCc1nc(CNC(=NC)NC2CCN(S(=O)(=O)CC)CC2)cs1. The largest absolute Gasteiger partial charge is 0.354 e. The minimum absolute atomic E-state index is 0.168. The molecule has 0 radical (unpaired) electrons. The minimum Gasteiger partial charge on any atom is -0.354 e. The highest BCUT2D eigenvalue weighted by Crippen LogP contribution is 2.14. The van der Waals surface area contributed by atoms with Crippen LogP contribution in [0, 0.1) is 0 Å². The summed E-state index contributed by atoms with van der Waals surface area (Å²) in [5, 5.41) is 9.85. The number of hydrogen-bond donors (Lipinski definition) is 2. The number of sulfonamides is 1. The van der Waals surface area contributed by atoms with Gasteiger partial charge in [-0.25, -0.2) is 17.7 Å². The summed E-state index contributed by atoms with van der Waals surface area (Å²) in [6.45, 7) is 5.56. The van der Waals surface area contributed by atoms with E-state index in [0.29, 0.717) is 19.6 Å². The van der Waals surface area contributed by atoms with Crippen molar-refractivity contribution < 1.29 is 8.42 Å². The molecule has 1 fully saturated rings. The van der Waals surface area contributed by atoms with E-state index in [0.717, 1.165) is 35.9 Å². The second-order valence-electron chi connectivity index (χ2n) is 5.73. The van der Waals surface area contributed by atoms with Crippen molar-refractivity contribution in [2.75, 3.05) is 25.9 Å². The number of aliphatic imine (C=N–C) groups is 1. The maximum atomic E-state index is 11.9. The molecule has 1 aromatic rings. The van der Waals surface area contributed by atoms with Crippen LogP contribution in [0.2, 0.25) is 0 Å². The summed E-state index contributed by atoms with van der Waals surface area (Å²) in [6, 6.07) is 0.237. The zero-order valence-corrected chi connectivity index (χ0v) is 16.2. The molecular weight excluding hydrogens is 346 g/mol. The van der Waals surface area contributed by atoms with E-state index >= 15 is 0 Å². The number of rotatable bonds is 6. The monoisotopic (exact) mass is 373 g/mol. The van der Waals surface area contributed by atoms with Crippen molar-refractivity contribution in [2.24, 2.45) is 4.99 Å². The van der Waals surface area contributed by atoms with Crippen molar-refractivity contribution in [3.63, 3.8) is 0 Å². The maximum Gasteiger partial charge on any atom is 0.213 e. The van der Waals surface area contributed by atoms with Crippen LogP contribution >= 0.6 is 11.3 Å². The van der Waals surface area contributed by atoms with Crippen molar-refractivity contribution in [3.8, 4) is 0 Å². The molecule has 2 N–H and O–H groups in total. The molecule has 2 heterocycles. The van der Waals surface area contributed by atoms with Crippen molar-refractivity contribution >= 4 is 27.3 Å². The molecule has 1 saturated heterocycles. The van der Waals surface area contributed by atoms with Crippen LogP contribution in [0.4, 0.5) is 0 Å². The van der Waals surface area contributed by atoms with Crippen LogP contribution in [0.3, 0.4) is 0 Å². The molecule has 0 bridgehead atoms. The second kappa shape index (κ2) is 8.77. The Morgan fingerprint density at radius 2 is 2.12 bits per heavy atom. The topological polar surface area (TPSA) is 86.7 Å². The first kappa shape index (κ1) is 19.1. The average Bonchev–Trinajstić information content (AvgIpc) is 3.07. The summed E-state index contributed by atoms with van der Waals surface area (Å²) in [5.41, 5.74) is 1.02. The first-order valence-corrected chi connectivity index (χ1v) is 10.9. The summed E-state index contributed by atoms with van der Waals surface area (Å²) >= 11 is 1.68. The number of nitrogens with one attached hydrogen (secondary N) is 2. The summed E-state index contributed by atoms with van der Waals surface area (Å²) in [7, 11) is -1.33. The first-order valence-electron chi connectivity index (χ1n) is 8.36. The first-order chi connectivity index (χ1) is 11.5. The molecule has 2 rings (SSSR count). The number of hydrogen-bond acceptors (Lipinski definition) is 5. The van der Waals surface area contributed by atoms with Crippen LogP contribution in [0.5, 0.6) is 0 Å². The van der Waals surface area contributed by atoms with Crippen molar-refractivity contribution in [2.45, 2.75) is 45.7 Å². The standard InChI is InChI=1S/C15H27N5O2S2/c1-4-14-18-13(11-23-14)10-17-15(16-3)19-12-6-8-20(9-7-12)24(21,22)5-2/h11-12H,4-10H2,1-3H3,(H2,16,17,19). The van der Waals surface area contributed by atoms with Crippen molar-refractivity contribution in [3.05, 3.63) is 16.1 Å². The number of aromatic nitrogens is 1. The van der Waals surface area contributed by atoms with E-state index in [1.807, 2.05) is 0 Å². The summed E-state index contributed by atoms with van der Waals surface area (Å²) in [6.07, 6.45) is 2.53. The molecule has 0 spiro atoms. The lowest BCUT2D eigenvalue weighted by Gasteiger charge is -2.32. The Kier molecular flexibility index (Phi) is 7.00. The van der Waals surface area contributed by atoms with Crippen molar-refractivity contribution in [1.29, 1.82) is 0 Å². The Hall–Kier alpha value is -1.19. The molecule has 0 atom stereocenters. The number of piperidine rings is 1. The van der Waals surface area contributed by atoms with Crippen LogP contribution in [0.1, 0.15) is 37.4 Å². The third-order valence-electron chi connectivity index (χ3n) is 4.12. The van der Waals surface area contributed by atoms with Gasteiger partial charge in [0.05, 0.1) is 23.0 Å². The normalized spacial score (nSPS) is 17.9. The van der Waals surface area contributed by atoms with E-state index in [9.17, 15) is 8.42 Å². The molecule has 0 aliphatic carbocycles. The van der Waals surface area contributed by atoms with E-state index in [1.54, 1.807) is 29.6 Å². The van der Waals surface area contributed by atoms with Gasteiger partial charge in [0, 0.05) is 31.6 Å². The molecule has 0 unspecified atom stereocenters. The quantitative estimate of drug-likeness (QED) is 0.578. The van der Waals surface area contributed by atoms with Gasteiger partial charge in [-0.15, -0.1) is 11.3 Å². The lowest BCUT2D eigenvalue weighted by molar-refractivity contribution is 0.306. The predicted molar refractivity (Wildman–Crippen MR) is 98.9 cm³/mol. The van der Waals surface area contributed by atoms with Gasteiger partial charge in [0.1, 0.15) is 0 Å². The molecule has 1 aliphatic heterocycles. The fourth-order valence-electron chi connectivity index (χ4n) is 2.62. The van der Waals surface area contributed by atoms with Crippen LogP contribution in [-0.4, -0.2) is 55.6 Å². The highest BCUT2D eigenvalue weighted by atomic mass is 32.2. The van der Waals surface area contributed by atoms with E-state index in [4.69, 9.17) is 0 Å². The third-order valence-corrected chi connectivity index (χ3v) is 7.04. The Morgan fingerprint density at radius 3 is 2.67 bits per heavy atom. The Bertz CT molecular complexity index is 649. The summed E-state index contributed by atoms with van der Waals surface area (Å²) in [4.78, 5) is 8.77. The highest BCUT2D eigenvalue weighted by Gasteiger charge is 2.26. The fraction of sp³-hybridized carbons (Fsp3) is 0.733. The molecule has 136 valence electrons. The molecule has 1 aliphatic rings. The Labute approximate surface area is 148 Å². The van der Waals surface area contributed by atoms with Gasteiger partial charge in [0.2, 0.25) is 10.0 Å². The fourth-order valence-corrected chi connectivity index (χ4v) is 4.49. The van der Waals surface area contributed by atoms with E-state index < -0.39 is 10.0 Å². The lowest BCUT2D eigenvalue weighted by atomic mass is 10.1. The Balaban J connectivity index is 1.79. The molecule has 24 heavy (non-hydrogen) atoms. The molecule has 9 heteroatoms. The number of guanidine groups is 1. The third kappa shape index (κ3) is 5.15. The molecule has 1 aromatic heterocycles. The van der Waals surface area contributed by atoms with Gasteiger partial charge < -0.3 is 10.6 Å². The smallest absolute Gasteiger partial charge is 0.213 e. The number of aryl methyl sites for hydroxylation is 1. The van der Waals surface area contributed by atoms with Gasteiger partial charge in [-0.3, -0.25) is 4.99 Å². The van der Waals surface area contributed by atoms with Gasteiger partial charge in [0.15, 0.2) is 5.96 Å². The van der Waals surface area contributed by atoms with Crippen LogP contribution in [0.25, 0.3) is 0 Å². The van der Waals surface area contributed by atoms with E-state index in [2.05, 4.69) is 32.9 Å². The molecule has 0 saturated carbocycles. The highest BCUT2D eigenvalue weighted by molar-refractivity contribution is 7.89. The maximum absolute atomic E-state index is 11.9. The zero-order chi connectivity index (χ0) is 17.6. The van der Waals surface area contributed by atoms with Gasteiger partial charge in [0.25, 0.3) is 0 Å². The minimum atomic E-state index is -3.07. The van der Waals surface area contributed by atoms with Gasteiger partial charge in [-0.05, 0) is 26.2 Å². The van der Waals surface area contributed by atoms with Crippen LogP contribution in [0.15, 0.2) is 10.4 Å². The lowest BCUT2D eigenvalue weighted by Crippen LogP contribution is -2.49. The second-order valence-corrected chi connectivity index (χ2v) is 8.93. The number of thiazole rings is 1. The predicted octanol–water partition coefficient (Wildman–Crippen LogP) is 1.18. The zero-order valence-electron chi connectivity index (χ0n) is 14.6. The summed E-state index contributed by atoms with van der Waals surface area (Å²) < 4.78 is 25.4. The van der Waals surface area contributed by atoms with E-state index in [-0.39, 0.29) is 11.8 Å². The Morgan fingerprint density at radius 1 is 1.42 bits per heavy atom. The molecular formula is C15H27N5O2S2.